The molecule has 0 bridgehead atoms. The Bertz CT molecular complexity index is 966. The minimum absolute atomic E-state index is 0.103. The highest BCUT2D eigenvalue weighted by Crippen LogP contribution is 2.34. The fourth-order valence-electron chi connectivity index (χ4n) is 2.44. The monoisotopic (exact) mass is 370 g/mol. The second kappa shape index (κ2) is 7.04. The molecular weight excluding hydrogens is 352 g/mol. The van der Waals surface area contributed by atoms with Crippen LogP contribution in [0.3, 0.4) is 0 Å². The van der Waals surface area contributed by atoms with E-state index >= 15 is 0 Å². The number of hydrogen-bond acceptors (Lipinski definition) is 8. The van der Waals surface area contributed by atoms with Crippen LogP contribution in [0, 0.1) is 37.8 Å². The molecule has 0 saturated heterocycles. The van der Waals surface area contributed by atoms with E-state index < -0.39 is 4.92 Å². The third-order valence-electron chi connectivity index (χ3n) is 3.89. The number of aryl methyl sites for hydroxylation is 4. The minimum Gasteiger partial charge on any atom is -0.334 e. The quantitative estimate of drug-likeness (QED) is 0.501. The minimum atomic E-state index is -0.499. The molecule has 0 unspecified atom stereocenters. The summed E-state index contributed by atoms with van der Waals surface area (Å²) in [6.45, 7) is 7.75. The largest absolute Gasteiger partial charge is 0.353 e. The van der Waals surface area contributed by atoms with Crippen molar-refractivity contribution in [2.75, 3.05) is 10.6 Å². The molecule has 2 N–H and O–H groups in total. The van der Waals surface area contributed by atoms with Crippen molar-refractivity contribution in [1.29, 1.82) is 0 Å². The van der Waals surface area contributed by atoms with Crippen LogP contribution in [0.5, 0.6) is 0 Å². The van der Waals surface area contributed by atoms with Gasteiger partial charge in [-0.1, -0.05) is 17.7 Å². The number of nitro groups is 1. The van der Waals surface area contributed by atoms with Gasteiger partial charge in [0.05, 0.1) is 10.6 Å². The second-order valence-electron chi connectivity index (χ2n) is 5.91. The smallest absolute Gasteiger partial charge is 0.334 e. The zero-order chi connectivity index (χ0) is 18.8. The van der Waals surface area contributed by atoms with Crippen LogP contribution in [-0.4, -0.2) is 19.9 Å². The maximum atomic E-state index is 11.7. The summed E-state index contributed by atoms with van der Waals surface area (Å²) in [5.41, 5.74) is 3.49. The van der Waals surface area contributed by atoms with Gasteiger partial charge < -0.3 is 10.6 Å². The summed E-state index contributed by atoms with van der Waals surface area (Å²) in [6.07, 6.45) is 1.29. The molecule has 134 valence electrons. The average Bonchev–Trinajstić information content (AvgIpc) is 2.87. The Labute approximate surface area is 154 Å². The van der Waals surface area contributed by atoms with Crippen molar-refractivity contribution in [3.63, 3.8) is 0 Å². The first-order chi connectivity index (χ1) is 12.3. The van der Waals surface area contributed by atoms with Crippen LogP contribution >= 0.6 is 11.3 Å². The van der Waals surface area contributed by atoms with Crippen molar-refractivity contribution in [2.24, 2.45) is 0 Å². The first-order valence-electron chi connectivity index (χ1n) is 7.90. The Morgan fingerprint density at radius 1 is 1.08 bits per heavy atom. The van der Waals surface area contributed by atoms with E-state index in [2.05, 4.69) is 25.6 Å². The van der Waals surface area contributed by atoms with Crippen LogP contribution in [0.15, 0.2) is 24.5 Å². The third-order valence-corrected chi connectivity index (χ3v) is 4.88. The molecule has 2 aromatic heterocycles. The molecule has 3 rings (SSSR count). The molecule has 0 amide bonds. The molecule has 0 spiro atoms. The van der Waals surface area contributed by atoms with Gasteiger partial charge in [-0.2, -0.15) is 0 Å². The molecule has 0 saturated carbocycles. The zero-order valence-corrected chi connectivity index (χ0v) is 15.6. The van der Waals surface area contributed by atoms with E-state index in [9.17, 15) is 10.1 Å². The van der Waals surface area contributed by atoms with Gasteiger partial charge in [0.2, 0.25) is 11.6 Å². The van der Waals surface area contributed by atoms with Gasteiger partial charge in [0.1, 0.15) is 6.33 Å². The summed E-state index contributed by atoms with van der Waals surface area (Å²) in [5, 5.41) is 18.2. The maximum Gasteiger partial charge on any atom is 0.353 e. The third kappa shape index (κ3) is 3.62. The van der Waals surface area contributed by atoms with Crippen LogP contribution in [0.25, 0.3) is 0 Å². The molecule has 0 aliphatic heterocycles. The summed E-state index contributed by atoms with van der Waals surface area (Å²) in [7, 11) is 0. The predicted molar refractivity (Wildman–Crippen MR) is 103 cm³/mol. The van der Waals surface area contributed by atoms with Crippen molar-refractivity contribution < 1.29 is 4.92 Å². The Morgan fingerprint density at radius 3 is 2.35 bits per heavy atom. The summed E-state index contributed by atoms with van der Waals surface area (Å²) in [6, 6.07) is 5.80. The fourth-order valence-corrected chi connectivity index (χ4v) is 3.26. The van der Waals surface area contributed by atoms with Crippen molar-refractivity contribution in [1.82, 2.24) is 15.0 Å². The van der Waals surface area contributed by atoms with Gasteiger partial charge >= 0.3 is 5.69 Å². The fraction of sp³-hybridized carbons (Fsp3) is 0.235. The van der Waals surface area contributed by atoms with E-state index in [0.29, 0.717) is 5.13 Å². The number of nitrogens with zero attached hydrogens (tertiary/aromatic N) is 4. The number of nitrogens with one attached hydrogen (secondary N) is 2. The lowest BCUT2D eigenvalue weighted by molar-refractivity contribution is -0.383. The summed E-state index contributed by atoms with van der Waals surface area (Å²) < 4.78 is 0. The van der Waals surface area contributed by atoms with E-state index in [1.165, 1.54) is 17.7 Å². The number of anilines is 4. The molecule has 0 atom stereocenters. The van der Waals surface area contributed by atoms with Crippen molar-refractivity contribution in [3.8, 4) is 0 Å². The normalized spacial score (nSPS) is 10.6. The van der Waals surface area contributed by atoms with Crippen LogP contribution in [0.1, 0.15) is 21.7 Å². The number of aromatic nitrogens is 3. The molecule has 0 aliphatic carbocycles. The zero-order valence-electron chi connectivity index (χ0n) is 14.8. The van der Waals surface area contributed by atoms with Crippen LogP contribution in [0.4, 0.5) is 28.1 Å². The molecule has 0 fully saturated rings. The SMILES string of the molecule is Cc1ccc(Nc2ncnc(Nc3nc(C)c(C)s3)c2[N+](=O)[O-])c(C)c1. The number of benzene rings is 1. The Morgan fingerprint density at radius 2 is 1.77 bits per heavy atom. The van der Waals surface area contributed by atoms with Gasteiger partial charge in [-0.05, 0) is 39.3 Å². The highest BCUT2D eigenvalue weighted by Gasteiger charge is 2.24. The van der Waals surface area contributed by atoms with E-state index in [0.717, 1.165) is 27.4 Å². The predicted octanol–water partition coefficient (Wildman–Crippen LogP) is 4.56. The second-order valence-corrected chi connectivity index (χ2v) is 7.11. The van der Waals surface area contributed by atoms with Gasteiger partial charge in [-0.25, -0.2) is 15.0 Å². The molecule has 9 heteroatoms. The van der Waals surface area contributed by atoms with Crippen LogP contribution in [0.2, 0.25) is 0 Å². The van der Waals surface area contributed by atoms with Crippen molar-refractivity contribution in [3.05, 3.63) is 56.3 Å². The van der Waals surface area contributed by atoms with E-state index in [4.69, 9.17) is 0 Å². The standard InChI is InChI=1S/C17H18N6O2S/c1-9-5-6-13(10(2)7-9)21-15-14(23(24)25)16(19-8-18-15)22-17-20-11(3)12(4)26-17/h5-8H,1-4H3,(H2,18,19,20,21,22). The molecule has 8 nitrogen and oxygen atoms in total. The highest BCUT2D eigenvalue weighted by molar-refractivity contribution is 7.15. The maximum absolute atomic E-state index is 11.7. The first-order valence-corrected chi connectivity index (χ1v) is 8.71. The molecule has 2 heterocycles. The Balaban J connectivity index is 1.99. The summed E-state index contributed by atoms with van der Waals surface area (Å²) >= 11 is 1.42. The Hall–Kier alpha value is -3.07. The van der Waals surface area contributed by atoms with E-state index in [-0.39, 0.29) is 17.3 Å². The number of thiazole rings is 1. The van der Waals surface area contributed by atoms with Crippen molar-refractivity contribution in [2.45, 2.75) is 27.7 Å². The van der Waals surface area contributed by atoms with Gasteiger partial charge in [-0.15, -0.1) is 11.3 Å². The number of rotatable bonds is 5. The topological polar surface area (TPSA) is 106 Å². The van der Waals surface area contributed by atoms with Gasteiger partial charge in [0.15, 0.2) is 5.13 Å². The first kappa shape index (κ1) is 17.7. The molecule has 26 heavy (non-hydrogen) atoms. The van der Waals surface area contributed by atoms with E-state index in [1.54, 1.807) is 0 Å². The molecule has 3 aromatic rings. The summed E-state index contributed by atoms with van der Waals surface area (Å²) in [5.74, 6) is 0.232. The lowest BCUT2D eigenvalue weighted by Crippen LogP contribution is -2.06. The average molecular weight is 370 g/mol. The molecular formula is C17H18N6O2S. The molecule has 0 radical (unpaired) electrons. The van der Waals surface area contributed by atoms with Gasteiger partial charge in [0, 0.05) is 10.6 Å². The van der Waals surface area contributed by atoms with E-state index in [1.807, 2.05) is 45.9 Å². The lowest BCUT2D eigenvalue weighted by atomic mass is 10.1. The van der Waals surface area contributed by atoms with Gasteiger partial charge in [0.25, 0.3) is 0 Å². The van der Waals surface area contributed by atoms with Crippen LogP contribution in [-0.2, 0) is 0 Å². The Kier molecular flexibility index (Phi) is 4.81. The lowest BCUT2D eigenvalue weighted by Gasteiger charge is -2.11. The summed E-state index contributed by atoms with van der Waals surface area (Å²) in [4.78, 5) is 24.6. The molecule has 0 aliphatic rings. The van der Waals surface area contributed by atoms with Crippen LogP contribution < -0.4 is 10.6 Å². The van der Waals surface area contributed by atoms with Crippen molar-refractivity contribution >= 4 is 39.5 Å². The van der Waals surface area contributed by atoms with Gasteiger partial charge in [-0.3, -0.25) is 10.1 Å². The highest BCUT2D eigenvalue weighted by atomic mass is 32.1. The number of hydrogen-bond donors (Lipinski definition) is 2. The molecule has 1 aromatic carbocycles.